The maximum absolute atomic E-state index is 12.9. The average molecular weight is 477 g/mol. The van der Waals surface area contributed by atoms with Crippen LogP contribution in [0.4, 0.5) is 0 Å². The van der Waals surface area contributed by atoms with Crippen molar-refractivity contribution in [1.29, 1.82) is 0 Å². The van der Waals surface area contributed by atoms with Gasteiger partial charge < -0.3 is 10.1 Å². The molecule has 1 aromatic carbocycles. The zero-order valence-corrected chi connectivity index (χ0v) is 18.5. The van der Waals surface area contributed by atoms with Crippen molar-refractivity contribution in [3.05, 3.63) is 50.8 Å². The summed E-state index contributed by atoms with van der Waals surface area (Å²) in [6.07, 6.45) is 1.02. The lowest BCUT2D eigenvalue weighted by atomic mass is 10.1. The molecule has 1 aliphatic rings. The lowest BCUT2D eigenvalue weighted by Gasteiger charge is -2.22. The Balaban J connectivity index is 1.70. The highest BCUT2D eigenvalue weighted by Gasteiger charge is 2.40. The summed E-state index contributed by atoms with van der Waals surface area (Å²) in [6, 6.07) is 6.79. The number of nitrogens with zero attached hydrogens (tertiary/aromatic N) is 1. The fourth-order valence-corrected chi connectivity index (χ4v) is 6.59. The molecule has 1 amide bonds. The number of halogens is 2. The molecule has 1 aliphatic heterocycles. The minimum Gasteiger partial charge on any atom is -0.465 e. The van der Waals surface area contributed by atoms with Gasteiger partial charge in [0.2, 0.25) is 5.91 Å². The smallest absolute Gasteiger partial charge is 0.337 e. The van der Waals surface area contributed by atoms with Gasteiger partial charge in [-0.1, -0.05) is 29.3 Å². The summed E-state index contributed by atoms with van der Waals surface area (Å²) in [5, 5.41) is 3.04. The highest BCUT2D eigenvalue weighted by atomic mass is 35.5. The summed E-state index contributed by atoms with van der Waals surface area (Å²) in [6.45, 7) is 0.374. The van der Waals surface area contributed by atoms with Gasteiger partial charge in [-0.05, 0) is 42.7 Å². The van der Waals surface area contributed by atoms with Crippen LogP contribution in [-0.2, 0) is 26.1 Å². The van der Waals surface area contributed by atoms with Crippen LogP contribution in [0.25, 0.3) is 0 Å². The molecule has 0 saturated carbocycles. The maximum Gasteiger partial charge on any atom is 0.337 e. The van der Waals surface area contributed by atoms with Gasteiger partial charge in [0.05, 0.1) is 17.0 Å². The Morgan fingerprint density at radius 1 is 1.28 bits per heavy atom. The highest BCUT2D eigenvalue weighted by molar-refractivity contribution is 7.91. The Labute approximate surface area is 182 Å². The molecule has 156 valence electrons. The summed E-state index contributed by atoms with van der Waals surface area (Å²) >= 11 is 13.0. The number of benzene rings is 1. The van der Waals surface area contributed by atoms with Crippen molar-refractivity contribution in [2.45, 2.75) is 29.6 Å². The Kier molecular flexibility index (Phi) is 6.85. The molecule has 0 bridgehead atoms. The van der Waals surface area contributed by atoms with E-state index in [1.54, 1.807) is 12.1 Å². The van der Waals surface area contributed by atoms with Crippen LogP contribution in [-0.4, -0.2) is 44.3 Å². The molecular weight excluding hydrogens is 459 g/mol. The molecule has 1 N–H and O–H groups in total. The molecule has 0 aliphatic carbocycles. The van der Waals surface area contributed by atoms with Crippen LogP contribution >= 0.6 is 34.5 Å². The van der Waals surface area contributed by atoms with E-state index in [4.69, 9.17) is 23.2 Å². The Morgan fingerprint density at radius 3 is 2.66 bits per heavy atom. The fraction of sp³-hybridized carbons (Fsp3) is 0.333. The molecule has 0 spiro atoms. The molecule has 3 rings (SSSR count). The van der Waals surface area contributed by atoms with Crippen molar-refractivity contribution in [2.24, 2.45) is 0 Å². The molecule has 1 aromatic heterocycles. The fourth-order valence-electron chi connectivity index (χ4n) is 3.08. The van der Waals surface area contributed by atoms with E-state index in [-0.39, 0.29) is 17.3 Å². The third-order valence-electron chi connectivity index (χ3n) is 4.55. The van der Waals surface area contributed by atoms with Crippen LogP contribution in [0.3, 0.4) is 0 Å². The van der Waals surface area contributed by atoms with Crippen LogP contribution in [0.2, 0.25) is 9.36 Å². The standard InChI is InChI=1S/C18H18Cl2N2O5S2/c1-27-18(24)11-4-5-12(13(19)9-11)10-21-17(23)14-3-2-8-22(14)29(25,26)16-7-6-15(20)28-16/h4-7,9,14H,2-3,8,10H2,1H3,(H,21,23)/t14-/m0/s1. The lowest BCUT2D eigenvalue weighted by molar-refractivity contribution is -0.124. The van der Waals surface area contributed by atoms with Crippen molar-refractivity contribution in [2.75, 3.05) is 13.7 Å². The SMILES string of the molecule is COC(=O)c1ccc(CNC(=O)[C@@H]2CCCN2S(=O)(=O)c2ccc(Cl)s2)c(Cl)c1. The van der Waals surface area contributed by atoms with Gasteiger partial charge in [0.1, 0.15) is 10.3 Å². The van der Waals surface area contributed by atoms with Crippen molar-refractivity contribution in [3.8, 4) is 0 Å². The first-order valence-corrected chi connectivity index (χ1v) is 11.7. The molecule has 1 atom stereocenters. The summed E-state index contributed by atoms with van der Waals surface area (Å²) in [4.78, 5) is 24.2. The van der Waals surface area contributed by atoms with E-state index in [0.29, 0.717) is 33.3 Å². The quantitative estimate of drug-likeness (QED) is 0.645. The van der Waals surface area contributed by atoms with Crippen molar-refractivity contribution >= 4 is 56.4 Å². The van der Waals surface area contributed by atoms with E-state index in [9.17, 15) is 18.0 Å². The number of carbonyl (C=O) groups excluding carboxylic acids is 2. The van der Waals surface area contributed by atoms with E-state index >= 15 is 0 Å². The number of carbonyl (C=O) groups is 2. The number of esters is 1. The predicted octanol–water partition coefficient (Wildman–Crippen LogP) is 3.31. The molecule has 7 nitrogen and oxygen atoms in total. The number of rotatable bonds is 6. The van der Waals surface area contributed by atoms with Crippen LogP contribution in [0.5, 0.6) is 0 Å². The lowest BCUT2D eigenvalue weighted by Crippen LogP contribution is -2.45. The second-order valence-electron chi connectivity index (χ2n) is 6.35. The number of hydrogen-bond donors (Lipinski definition) is 1. The van der Waals surface area contributed by atoms with Gasteiger partial charge in [-0.2, -0.15) is 4.31 Å². The normalized spacial score (nSPS) is 17.3. The molecule has 2 heterocycles. The molecule has 11 heteroatoms. The molecule has 0 unspecified atom stereocenters. The van der Waals surface area contributed by atoms with Crippen molar-refractivity contribution in [3.63, 3.8) is 0 Å². The number of thiophene rings is 1. The second-order valence-corrected chi connectivity index (χ2v) is 10.6. The number of methoxy groups -OCH3 is 1. The molecule has 1 fully saturated rings. The molecule has 1 saturated heterocycles. The van der Waals surface area contributed by atoms with E-state index in [0.717, 1.165) is 11.3 Å². The zero-order chi connectivity index (χ0) is 21.2. The van der Waals surface area contributed by atoms with Gasteiger partial charge in [-0.3, -0.25) is 4.79 Å². The first-order chi connectivity index (χ1) is 13.7. The van der Waals surface area contributed by atoms with Gasteiger partial charge >= 0.3 is 5.97 Å². The second kappa shape index (κ2) is 9.01. The minimum atomic E-state index is -3.79. The largest absolute Gasteiger partial charge is 0.465 e. The van der Waals surface area contributed by atoms with Crippen LogP contribution in [0.15, 0.2) is 34.5 Å². The van der Waals surface area contributed by atoms with Gasteiger partial charge in [-0.25, -0.2) is 13.2 Å². The summed E-state index contributed by atoms with van der Waals surface area (Å²) in [7, 11) is -2.52. The zero-order valence-electron chi connectivity index (χ0n) is 15.4. The van der Waals surface area contributed by atoms with Crippen LogP contribution in [0, 0.1) is 0 Å². The van der Waals surface area contributed by atoms with E-state index in [1.165, 1.54) is 29.6 Å². The minimum absolute atomic E-state index is 0.105. The average Bonchev–Trinajstić information content (AvgIpc) is 3.36. The first-order valence-electron chi connectivity index (χ1n) is 8.65. The summed E-state index contributed by atoms with van der Waals surface area (Å²) in [5.41, 5.74) is 0.903. The van der Waals surface area contributed by atoms with Gasteiger partial charge in [0.15, 0.2) is 0 Å². The number of hydrogen-bond acceptors (Lipinski definition) is 6. The van der Waals surface area contributed by atoms with E-state index < -0.39 is 27.9 Å². The van der Waals surface area contributed by atoms with Gasteiger partial charge in [-0.15, -0.1) is 11.3 Å². The number of amides is 1. The molecule has 29 heavy (non-hydrogen) atoms. The van der Waals surface area contributed by atoms with Crippen LogP contribution < -0.4 is 5.32 Å². The first kappa shape index (κ1) is 22.0. The van der Waals surface area contributed by atoms with Crippen molar-refractivity contribution < 1.29 is 22.7 Å². The van der Waals surface area contributed by atoms with E-state index in [1.807, 2.05) is 0 Å². The monoisotopic (exact) mass is 476 g/mol. The molecular formula is C18H18Cl2N2O5S2. The number of ether oxygens (including phenoxy) is 1. The summed E-state index contributed by atoms with van der Waals surface area (Å²) in [5.74, 6) is -0.912. The molecule has 2 aromatic rings. The Bertz CT molecular complexity index is 1040. The highest BCUT2D eigenvalue weighted by Crippen LogP contribution is 2.32. The third-order valence-corrected chi connectivity index (χ3v) is 8.50. The maximum atomic E-state index is 12.9. The topological polar surface area (TPSA) is 92.8 Å². The van der Waals surface area contributed by atoms with Gasteiger partial charge in [0, 0.05) is 18.1 Å². The summed E-state index contributed by atoms with van der Waals surface area (Å²) < 4.78 is 32.0. The predicted molar refractivity (Wildman–Crippen MR) is 111 cm³/mol. The number of sulfonamides is 1. The van der Waals surface area contributed by atoms with E-state index in [2.05, 4.69) is 10.1 Å². The van der Waals surface area contributed by atoms with Crippen LogP contribution in [0.1, 0.15) is 28.8 Å². The third kappa shape index (κ3) is 4.75. The Morgan fingerprint density at radius 2 is 2.03 bits per heavy atom. The number of nitrogens with one attached hydrogen (secondary N) is 1. The Hall–Kier alpha value is -1.65. The molecule has 0 radical (unpaired) electrons. The van der Waals surface area contributed by atoms with Crippen molar-refractivity contribution in [1.82, 2.24) is 9.62 Å². The van der Waals surface area contributed by atoms with Gasteiger partial charge in [0.25, 0.3) is 10.0 Å².